The van der Waals surface area contributed by atoms with E-state index in [-0.39, 0.29) is 6.54 Å². The topological polar surface area (TPSA) is 129 Å². The molecular formula is C34H51N5O5. The van der Waals surface area contributed by atoms with Crippen LogP contribution in [0.1, 0.15) is 72.3 Å². The number of carbonyl (C=O) groups is 2. The van der Waals surface area contributed by atoms with Crippen LogP contribution in [0, 0.1) is 11.8 Å². The molecule has 44 heavy (non-hydrogen) atoms. The van der Waals surface area contributed by atoms with Crippen LogP contribution in [0.2, 0.25) is 0 Å². The van der Waals surface area contributed by atoms with Crippen LogP contribution in [-0.2, 0) is 6.54 Å². The fraction of sp³-hybridized carbons (Fsp3) is 0.500. The van der Waals surface area contributed by atoms with Gasteiger partial charge in [0.25, 0.3) is 0 Å². The van der Waals surface area contributed by atoms with Gasteiger partial charge in [-0.05, 0) is 69.1 Å². The Hall–Kier alpha value is -4.05. The molecule has 1 fully saturated rings. The van der Waals surface area contributed by atoms with Gasteiger partial charge in [-0.25, -0.2) is 14.6 Å². The molecule has 0 unspecified atom stereocenters. The highest BCUT2D eigenvalue weighted by molar-refractivity contribution is 6.00. The first-order chi connectivity index (χ1) is 21.0. The highest BCUT2D eigenvalue weighted by Crippen LogP contribution is 2.32. The van der Waals surface area contributed by atoms with Gasteiger partial charge in [-0.3, -0.25) is 0 Å². The zero-order chi connectivity index (χ0) is 32.5. The number of nitrogens with zero attached hydrogens (tertiary/aromatic N) is 2. The van der Waals surface area contributed by atoms with E-state index in [1.165, 1.54) is 45.6 Å². The summed E-state index contributed by atoms with van der Waals surface area (Å²) in [5, 5.41) is 16.4. The van der Waals surface area contributed by atoms with Gasteiger partial charge < -0.3 is 35.1 Å². The van der Waals surface area contributed by atoms with Gasteiger partial charge in [0.2, 0.25) is 0 Å². The number of urea groups is 1. The summed E-state index contributed by atoms with van der Waals surface area (Å²) in [5.74, 6) is 3.07. The first-order valence-corrected chi connectivity index (χ1v) is 15.4. The molecule has 0 atom stereocenters. The Kier molecular flexibility index (Phi) is 15.8. The fourth-order valence-corrected chi connectivity index (χ4v) is 4.72. The van der Waals surface area contributed by atoms with Gasteiger partial charge in [0.15, 0.2) is 12.2 Å². The molecule has 3 amide bonds. The van der Waals surface area contributed by atoms with E-state index < -0.39 is 12.1 Å². The van der Waals surface area contributed by atoms with Crippen molar-refractivity contribution in [1.29, 1.82) is 0 Å². The third-order valence-electron chi connectivity index (χ3n) is 7.76. The number of benzene rings is 2. The normalized spacial score (nSPS) is 13.0. The summed E-state index contributed by atoms with van der Waals surface area (Å²) in [5.41, 5.74) is 2.50. The number of carboxylic acid groups (broad SMARTS) is 1. The molecule has 0 radical (unpaired) electrons. The van der Waals surface area contributed by atoms with E-state index >= 15 is 0 Å². The number of aromatic nitrogens is 1. The number of carbonyl (C=O) groups excluding carboxylic acids is 1. The molecule has 0 aliphatic heterocycles. The van der Waals surface area contributed by atoms with E-state index in [9.17, 15) is 9.59 Å². The summed E-state index contributed by atoms with van der Waals surface area (Å²) >= 11 is 0. The Labute approximate surface area is 262 Å². The van der Waals surface area contributed by atoms with E-state index in [0.29, 0.717) is 34.5 Å². The number of hydrogen-bond donors (Lipinski definition) is 4. The maximum Gasteiger partial charge on any atom is 0.404 e. The van der Waals surface area contributed by atoms with Crippen molar-refractivity contribution in [2.75, 3.05) is 31.3 Å². The van der Waals surface area contributed by atoms with Gasteiger partial charge in [-0.1, -0.05) is 65.0 Å². The molecule has 1 saturated carbocycles. The molecule has 1 heterocycles. The SMILES string of the molecule is CC(C)C1CCCCC1.CCN(C)C(C)C.COc1cc(NC(=O)Nc2cccc(CNC(=O)O)c2)ccc1-c1cnco1. The summed E-state index contributed by atoms with van der Waals surface area (Å²) in [4.78, 5) is 29.0. The molecule has 1 aliphatic carbocycles. The van der Waals surface area contributed by atoms with Crippen LogP contribution in [0.5, 0.6) is 5.75 Å². The van der Waals surface area contributed by atoms with Crippen LogP contribution in [0.4, 0.5) is 21.0 Å². The number of ether oxygens (including phenoxy) is 1. The number of methoxy groups -OCH3 is 1. The van der Waals surface area contributed by atoms with Crippen LogP contribution in [0.15, 0.2) is 59.5 Å². The van der Waals surface area contributed by atoms with Crippen molar-refractivity contribution in [3.63, 3.8) is 0 Å². The lowest BCUT2D eigenvalue weighted by molar-refractivity contribution is 0.194. The molecule has 0 bridgehead atoms. The highest BCUT2D eigenvalue weighted by atomic mass is 16.5. The molecular weight excluding hydrogens is 558 g/mol. The fourth-order valence-electron chi connectivity index (χ4n) is 4.72. The van der Waals surface area contributed by atoms with Crippen LogP contribution in [-0.4, -0.2) is 53.9 Å². The highest BCUT2D eigenvalue weighted by Gasteiger charge is 2.16. The zero-order valence-corrected chi connectivity index (χ0v) is 27.4. The maximum absolute atomic E-state index is 12.3. The smallest absolute Gasteiger partial charge is 0.404 e. The van der Waals surface area contributed by atoms with Crippen molar-refractivity contribution in [3.8, 4) is 17.1 Å². The Morgan fingerprint density at radius 2 is 1.73 bits per heavy atom. The van der Waals surface area contributed by atoms with Crippen molar-refractivity contribution in [2.45, 2.75) is 79.3 Å². The number of oxazole rings is 1. The van der Waals surface area contributed by atoms with Crippen LogP contribution in [0.25, 0.3) is 11.3 Å². The molecule has 10 heteroatoms. The lowest BCUT2D eigenvalue weighted by atomic mass is 9.82. The average molecular weight is 610 g/mol. The van der Waals surface area contributed by atoms with Crippen molar-refractivity contribution in [1.82, 2.24) is 15.2 Å². The standard InChI is InChI=1S/C19H18N4O5.C9H18.C6H15N/c1-27-16-8-14(5-6-15(16)17-10-20-11-28-17)23-18(24)22-13-4-2-3-12(7-13)9-21-19(25)26;1-8(2)9-6-4-3-5-7-9;1-5-7(4)6(2)3/h2-8,10-11,21H,9H2,1H3,(H,25,26)(H2,22,23,24);8-9H,3-7H2,1-2H3;6H,5H2,1-4H3. The predicted molar refractivity (Wildman–Crippen MR) is 177 cm³/mol. The molecule has 242 valence electrons. The van der Waals surface area contributed by atoms with E-state index in [2.05, 4.69) is 67.5 Å². The van der Waals surface area contributed by atoms with Crippen molar-refractivity contribution in [3.05, 3.63) is 60.6 Å². The van der Waals surface area contributed by atoms with E-state index in [0.717, 1.165) is 23.9 Å². The number of anilines is 2. The number of amides is 3. The zero-order valence-electron chi connectivity index (χ0n) is 27.4. The molecule has 1 aliphatic rings. The van der Waals surface area contributed by atoms with E-state index in [1.807, 2.05) is 0 Å². The quantitative estimate of drug-likeness (QED) is 0.192. The third-order valence-corrected chi connectivity index (χ3v) is 7.76. The lowest BCUT2D eigenvalue weighted by Gasteiger charge is -2.24. The molecule has 10 nitrogen and oxygen atoms in total. The number of nitrogens with one attached hydrogen (secondary N) is 3. The molecule has 0 spiro atoms. The molecule has 0 saturated heterocycles. The van der Waals surface area contributed by atoms with Crippen LogP contribution >= 0.6 is 0 Å². The Morgan fingerprint density at radius 3 is 2.23 bits per heavy atom. The Balaban J connectivity index is 0.000000344. The minimum Gasteiger partial charge on any atom is -0.496 e. The first kappa shape index (κ1) is 36.1. The summed E-state index contributed by atoms with van der Waals surface area (Å²) in [7, 11) is 3.65. The average Bonchev–Trinajstić information content (AvgIpc) is 3.55. The van der Waals surface area contributed by atoms with Gasteiger partial charge in [0.05, 0.1) is 18.9 Å². The summed E-state index contributed by atoms with van der Waals surface area (Å²) in [6.45, 7) is 12.6. The van der Waals surface area contributed by atoms with E-state index in [1.54, 1.807) is 48.7 Å². The summed E-state index contributed by atoms with van der Waals surface area (Å²) in [6.07, 6.45) is 9.25. The summed E-state index contributed by atoms with van der Waals surface area (Å²) in [6, 6.07) is 12.3. The van der Waals surface area contributed by atoms with E-state index in [4.69, 9.17) is 14.3 Å². The predicted octanol–water partition coefficient (Wildman–Crippen LogP) is 8.33. The molecule has 4 N–H and O–H groups in total. The minimum atomic E-state index is -1.11. The van der Waals surface area contributed by atoms with Gasteiger partial charge in [0.1, 0.15) is 5.75 Å². The monoisotopic (exact) mass is 609 g/mol. The molecule has 4 rings (SSSR count). The van der Waals surface area contributed by atoms with Crippen LogP contribution < -0.4 is 20.7 Å². The maximum atomic E-state index is 12.3. The van der Waals surface area contributed by atoms with Gasteiger partial charge in [0, 0.05) is 30.0 Å². The van der Waals surface area contributed by atoms with Crippen molar-refractivity contribution >= 4 is 23.5 Å². The molecule has 3 aromatic rings. The second-order valence-electron chi connectivity index (χ2n) is 11.5. The lowest BCUT2D eigenvalue weighted by Crippen LogP contribution is -2.25. The Morgan fingerprint density at radius 1 is 1.05 bits per heavy atom. The van der Waals surface area contributed by atoms with Gasteiger partial charge in [-0.15, -0.1) is 0 Å². The third kappa shape index (κ3) is 13.1. The summed E-state index contributed by atoms with van der Waals surface area (Å²) < 4.78 is 10.6. The molecule has 1 aromatic heterocycles. The van der Waals surface area contributed by atoms with Crippen molar-refractivity contribution in [2.24, 2.45) is 11.8 Å². The second kappa shape index (κ2) is 19.3. The van der Waals surface area contributed by atoms with Gasteiger partial charge in [-0.2, -0.15) is 0 Å². The van der Waals surface area contributed by atoms with Gasteiger partial charge >= 0.3 is 12.1 Å². The largest absolute Gasteiger partial charge is 0.496 e. The van der Waals surface area contributed by atoms with Crippen LogP contribution in [0.3, 0.4) is 0 Å². The first-order valence-electron chi connectivity index (χ1n) is 15.4. The Bertz CT molecular complexity index is 1260. The number of hydrogen-bond acceptors (Lipinski definition) is 6. The number of rotatable bonds is 9. The second-order valence-corrected chi connectivity index (χ2v) is 11.5. The molecule has 2 aromatic carbocycles. The minimum absolute atomic E-state index is 0.146. The van der Waals surface area contributed by atoms with Crippen molar-refractivity contribution < 1.29 is 23.8 Å².